The molecule has 150 valence electrons. The summed E-state index contributed by atoms with van der Waals surface area (Å²) in [5.41, 5.74) is 6.26. The zero-order chi connectivity index (χ0) is 21.0. The van der Waals surface area contributed by atoms with Crippen LogP contribution in [0.15, 0.2) is 48.7 Å². The number of aryl methyl sites for hydroxylation is 3. The molecule has 6 nitrogen and oxygen atoms in total. The predicted octanol–water partition coefficient (Wildman–Crippen LogP) is 4.40. The molecule has 1 aromatic heterocycles. The van der Waals surface area contributed by atoms with Gasteiger partial charge >= 0.3 is 0 Å². The Bertz CT molecular complexity index is 1050. The molecule has 29 heavy (non-hydrogen) atoms. The van der Waals surface area contributed by atoms with Crippen molar-refractivity contribution in [1.82, 2.24) is 9.78 Å². The molecule has 1 heterocycles. The van der Waals surface area contributed by atoms with E-state index >= 15 is 0 Å². The molecule has 0 spiro atoms. The highest BCUT2D eigenvalue weighted by atomic mass is 16.2. The predicted molar refractivity (Wildman–Crippen MR) is 115 cm³/mol. The van der Waals surface area contributed by atoms with Gasteiger partial charge in [0.1, 0.15) is 0 Å². The lowest BCUT2D eigenvalue weighted by atomic mass is 10.1. The third kappa shape index (κ3) is 4.90. The van der Waals surface area contributed by atoms with E-state index in [1.165, 1.54) is 0 Å². The maximum atomic E-state index is 12.5. The van der Waals surface area contributed by atoms with Gasteiger partial charge in [0.2, 0.25) is 5.91 Å². The molecule has 2 aromatic carbocycles. The van der Waals surface area contributed by atoms with Crippen LogP contribution < -0.4 is 10.6 Å². The molecule has 0 saturated carbocycles. The van der Waals surface area contributed by atoms with Gasteiger partial charge in [-0.05, 0) is 68.1 Å². The SMILES string of the molecule is Cc1cccc(NC(=O)CCn2ccc(C(=O)Nc3cccc(C)c3C)n2)c1C. The van der Waals surface area contributed by atoms with Crippen molar-refractivity contribution in [1.29, 1.82) is 0 Å². The molecule has 0 aliphatic rings. The van der Waals surface area contributed by atoms with Crippen molar-refractivity contribution in [2.24, 2.45) is 0 Å². The number of nitrogens with zero attached hydrogens (tertiary/aromatic N) is 2. The van der Waals surface area contributed by atoms with Crippen LogP contribution in [0.3, 0.4) is 0 Å². The smallest absolute Gasteiger partial charge is 0.276 e. The van der Waals surface area contributed by atoms with E-state index in [-0.39, 0.29) is 18.2 Å². The Morgan fingerprint density at radius 2 is 1.45 bits per heavy atom. The summed E-state index contributed by atoms with van der Waals surface area (Å²) in [6.07, 6.45) is 1.98. The van der Waals surface area contributed by atoms with Gasteiger partial charge in [-0.3, -0.25) is 14.3 Å². The van der Waals surface area contributed by atoms with Crippen LogP contribution in [0.5, 0.6) is 0 Å². The second kappa shape index (κ2) is 8.73. The molecule has 0 bridgehead atoms. The van der Waals surface area contributed by atoms with Gasteiger partial charge in [0.15, 0.2) is 5.69 Å². The highest BCUT2D eigenvalue weighted by molar-refractivity contribution is 6.03. The van der Waals surface area contributed by atoms with Gasteiger partial charge in [0.25, 0.3) is 5.91 Å². The van der Waals surface area contributed by atoms with E-state index in [0.717, 1.165) is 33.6 Å². The lowest BCUT2D eigenvalue weighted by molar-refractivity contribution is -0.116. The van der Waals surface area contributed by atoms with Gasteiger partial charge in [-0.25, -0.2) is 0 Å². The molecule has 6 heteroatoms. The Morgan fingerprint density at radius 3 is 2.07 bits per heavy atom. The van der Waals surface area contributed by atoms with Gasteiger partial charge in [-0.15, -0.1) is 0 Å². The normalized spacial score (nSPS) is 10.6. The lowest BCUT2D eigenvalue weighted by Crippen LogP contribution is -2.17. The zero-order valence-corrected chi connectivity index (χ0v) is 17.2. The van der Waals surface area contributed by atoms with E-state index in [9.17, 15) is 9.59 Å². The highest BCUT2D eigenvalue weighted by Crippen LogP contribution is 2.19. The minimum Gasteiger partial charge on any atom is -0.326 e. The quantitative estimate of drug-likeness (QED) is 0.655. The first-order valence-electron chi connectivity index (χ1n) is 9.62. The van der Waals surface area contributed by atoms with Crippen LogP contribution in [-0.4, -0.2) is 21.6 Å². The second-order valence-corrected chi connectivity index (χ2v) is 7.21. The van der Waals surface area contributed by atoms with Gasteiger partial charge in [0, 0.05) is 30.5 Å². The van der Waals surface area contributed by atoms with Gasteiger partial charge in [0.05, 0.1) is 0 Å². The average molecular weight is 390 g/mol. The molecule has 2 N–H and O–H groups in total. The van der Waals surface area contributed by atoms with Crippen LogP contribution in [-0.2, 0) is 11.3 Å². The number of carbonyl (C=O) groups excluding carboxylic acids is 2. The fourth-order valence-electron chi connectivity index (χ4n) is 3.00. The number of rotatable bonds is 6. The van der Waals surface area contributed by atoms with E-state index in [2.05, 4.69) is 15.7 Å². The van der Waals surface area contributed by atoms with Crippen LogP contribution in [0.1, 0.15) is 39.2 Å². The average Bonchev–Trinajstić information content (AvgIpc) is 3.17. The third-order valence-corrected chi connectivity index (χ3v) is 5.17. The first-order chi connectivity index (χ1) is 13.8. The number of aromatic nitrogens is 2. The van der Waals surface area contributed by atoms with E-state index < -0.39 is 0 Å². The monoisotopic (exact) mass is 390 g/mol. The Kier molecular flexibility index (Phi) is 6.12. The van der Waals surface area contributed by atoms with Gasteiger partial charge in [-0.1, -0.05) is 24.3 Å². The molecule has 0 unspecified atom stereocenters. The van der Waals surface area contributed by atoms with E-state index in [1.54, 1.807) is 16.9 Å². The largest absolute Gasteiger partial charge is 0.326 e. The Morgan fingerprint density at radius 1 is 0.862 bits per heavy atom. The maximum absolute atomic E-state index is 12.5. The van der Waals surface area contributed by atoms with Crippen molar-refractivity contribution >= 4 is 23.2 Å². The first-order valence-corrected chi connectivity index (χ1v) is 9.62. The van der Waals surface area contributed by atoms with Crippen LogP contribution in [0.4, 0.5) is 11.4 Å². The number of nitrogens with one attached hydrogen (secondary N) is 2. The summed E-state index contributed by atoms with van der Waals surface area (Å²) in [4.78, 5) is 24.7. The number of benzene rings is 2. The van der Waals surface area contributed by atoms with Crippen molar-refractivity contribution in [2.75, 3.05) is 10.6 Å². The van der Waals surface area contributed by atoms with Crippen molar-refractivity contribution in [3.63, 3.8) is 0 Å². The van der Waals surface area contributed by atoms with E-state index in [4.69, 9.17) is 0 Å². The molecule has 0 saturated heterocycles. The summed E-state index contributed by atoms with van der Waals surface area (Å²) in [5, 5.41) is 10.1. The summed E-state index contributed by atoms with van der Waals surface area (Å²) in [6.45, 7) is 8.37. The fraction of sp³-hybridized carbons (Fsp3) is 0.261. The Balaban J connectivity index is 1.57. The number of hydrogen-bond donors (Lipinski definition) is 2. The number of hydrogen-bond acceptors (Lipinski definition) is 3. The molecule has 3 aromatic rings. The van der Waals surface area contributed by atoms with Crippen LogP contribution >= 0.6 is 0 Å². The minimum absolute atomic E-state index is 0.0874. The maximum Gasteiger partial charge on any atom is 0.276 e. The number of amides is 2. The van der Waals surface area contributed by atoms with Crippen LogP contribution in [0.2, 0.25) is 0 Å². The van der Waals surface area contributed by atoms with Crippen molar-refractivity contribution in [3.05, 3.63) is 76.6 Å². The standard InChI is InChI=1S/C23H26N4O2/c1-15-7-5-9-19(17(15)3)24-22(28)12-14-27-13-11-21(26-27)23(29)25-20-10-6-8-16(2)18(20)4/h5-11,13H,12,14H2,1-4H3,(H,24,28)(H,25,29). The van der Waals surface area contributed by atoms with Crippen molar-refractivity contribution in [3.8, 4) is 0 Å². The molecular formula is C23H26N4O2. The molecule has 0 aliphatic heterocycles. The van der Waals surface area contributed by atoms with Crippen LogP contribution in [0.25, 0.3) is 0 Å². The highest BCUT2D eigenvalue weighted by Gasteiger charge is 2.12. The molecule has 0 atom stereocenters. The molecule has 2 amide bonds. The third-order valence-electron chi connectivity index (χ3n) is 5.17. The molecule has 0 aliphatic carbocycles. The summed E-state index contributed by atoms with van der Waals surface area (Å²) in [5.74, 6) is -0.354. The fourth-order valence-corrected chi connectivity index (χ4v) is 3.00. The molecule has 0 fully saturated rings. The molecule has 3 rings (SSSR count). The van der Waals surface area contributed by atoms with Gasteiger partial charge < -0.3 is 10.6 Å². The summed E-state index contributed by atoms with van der Waals surface area (Å²) in [6, 6.07) is 13.3. The van der Waals surface area contributed by atoms with E-state index in [0.29, 0.717) is 12.2 Å². The van der Waals surface area contributed by atoms with Crippen molar-refractivity contribution in [2.45, 2.75) is 40.7 Å². The molecule has 0 radical (unpaired) electrons. The Hall–Kier alpha value is -3.41. The van der Waals surface area contributed by atoms with E-state index in [1.807, 2.05) is 64.1 Å². The second-order valence-electron chi connectivity index (χ2n) is 7.21. The first kappa shape index (κ1) is 20.3. The Labute approximate surface area is 170 Å². The summed E-state index contributed by atoms with van der Waals surface area (Å²) in [7, 11) is 0. The number of anilines is 2. The van der Waals surface area contributed by atoms with Crippen LogP contribution in [0, 0.1) is 27.7 Å². The van der Waals surface area contributed by atoms with Gasteiger partial charge in [-0.2, -0.15) is 5.10 Å². The summed E-state index contributed by atoms with van der Waals surface area (Å²) < 4.78 is 1.61. The topological polar surface area (TPSA) is 76.0 Å². The summed E-state index contributed by atoms with van der Waals surface area (Å²) >= 11 is 0. The number of carbonyl (C=O) groups is 2. The molecular weight excluding hydrogens is 364 g/mol. The lowest BCUT2D eigenvalue weighted by Gasteiger charge is -2.10. The van der Waals surface area contributed by atoms with Crippen molar-refractivity contribution < 1.29 is 9.59 Å². The zero-order valence-electron chi connectivity index (χ0n) is 17.2. The minimum atomic E-state index is -0.266.